The normalized spacial score (nSPS) is 23.8. The van der Waals surface area contributed by atoms with Crippen LogP contribution in [0.3, 0.4) is 0 Å². The molecule has 0 bridgehead atoms. The van der Waals surface area contributed by atoms with E-state index in [1.54, 1.807) is 0 Å². The highest BCUT2D eigenvalue weighted by molar-refractivity contribution is 5.60. The van der Waals surface area contributed by atoms with Gasteiger partial charge in [0, 0.05) is 0 Å². The molecule has 1 aromatic rings. The number of ether oxygens (including phenoxy) is 1. The topological polar surface area (TPSA) is 26.3 Å². The first-order valence-corrected chi connectivity index (χ1v) is 7.48. The third-order valence-electron chi connectivity index (χ3n) is 5.30. The van der Waals surface area contributed by atoms with Gasteiger partial charge in [0.1, 0.15) is 5.75 Å². The van der Waals surface area contributed by atoms with Gasteiger partial charge in [-0.2, -0.15) is 0 Å². The summed E-state index contributed by atoms with van der Waals surface area (Å²) in [6.45, 7) is 16.2. The van der Waals surface area contributed by atoms with Gasteiger partial charge in [0.15, 0.2) is 0 Å². The van der Waals surface area contributed by atoms with Crippen molar-refractivity contribution in [2.24, 2.45) is 11.8 Å². The summed E-state index contributed by atoms with van der Waals surface area (Å²) in [6, 6.07) is 2.23. The van der Waals surface area contributed by atoms with Gasteiger partial charge in [0.05, 0.1) is 0 Å². The zero-order chi connectivity index (χ0) is 15.2. The minimum Gasteiger partial charge on any atom is -0.428 e. The van der Waals surface area contributed by atoms with Crippen LogP contribution in [0.5, 0.6) is 5.75 Å². The van der Waals surface area contributed by atoms with Gasteiger partial charge in [-0.25, -0.2) is 0 Å². The standard InChI is InChI=1S/C18H26O2/c1-10(2)15-13(5)18(6,7)16-12(4)17(20-9-19)11(3)8-14(15)16/h8-10,13,15H,1-7H3. The van der Waals surface area contributed by atoms with Gasteiger partial charge < -0.3 is 4.74 Å². The summed E-state index contributed by atoms with van der Waals surface area (Å²) in [4.78, 5) is 10.8. The molecule has 0 amide bonds. The summed E-state index contributed by atoms with van der Waals surface area (Å²) in [5.41, 5.74) is 5.14. The molecular weight excluding hydrogens is 248 g/mol. The number of rotatable bonds is 3. The van der Waals surface area contributed by atoms with Crippen LogP contribution in [0.25, 0.3) is 0 Å². The maximum Gasteiger partial charge on any atom is 0.298 e. The van der Waals surface area contributed by atoms with E-state index in [1.165, 1.54) is 11.1 Å². The molecule has 1 aliphatic rings. The number of carbonyl (C=O) groups is 1. The molecule has 1 aliphatic carbocycles. The molecule has 110 valence electrons. The van der Waals surface area contributed by atoms with Gasteiger partial charge in [-0.15, -0.1) is 0 Å². The molecule has 2 rings (SSSR count). The van der Waals surface area contributed by atoms with Crippen molar-refractivity contribution >= 4 is 6.47 Å². The Morgan fingerprint density at radius 1 is 1.30 bits per heavy atom. The summed E-state index contributed by atoms with van der Waals surface area (Å²) >= 11 is 0. The van der Waals surface area contributed by atoms with E-state index >= 15 is 0 Å². The molecule has 0 spiro atoms. The number of hydrogen-bond acceptors (Lipinski definition) is 2. The molecule has 0 saturated carbocycles. The lowest BCUT2D eigenvalue weighted by molar-refractivity contribution is -0.120. The molecular formula is C18H26O2. The van der Waals surface area contributed by atoms with E-state index in [1.807, 2.05) is 6.92 Å². The highest BCUT2D eigenvalue weighted by Gasteiger charge is 2.46. The first kappa shape index (κ1) is 15.1. The van der Waals surface area contributed by atoms with Gasteiger partial charge in [-0.05, 0) is 59.3 Å². The number of fused-ring (bicyclic) bond motifs is 1. The van der Waals surface area contributed by atoms with Gasteiger partial charge >= 0.3 is 0 Å². The second-order valence-electron chi connectivity index (χ2n) is 7.11. The quantitative estimate of drug-likeness (QED) is 0.758. The van der Waals surface area contributed by atoms with Crippen LogP contribution in [0.4, 0.5) is 0 Å². The smallest absolute Gasteiger partial charge is 0.298 e. The lowest BCUT2D eigenvalue weighted by Gasteiger charge is -2.30. The van der Waals surface area contributed by atoms with Crippen LogP contribution in [-0.4, -0.2) is 6.47 Å². The van der Waals surface area contributed by atoms with Crippen LogP contribution in [0.15, 0.2) is 6.07 Å². The van der Waals surface area contributed by atoms with Crippen LogP contribution in [0.2, 0.25) is 0 Å². The van der Waals surface area contributed by atoms with Crippen molar-refractivity contribution < 1.29 is 9.53 Å². The largest absolute Gasteiger partial charge is 0.428 e. The third-order valence-corrected chi connectivity index (χ3v) is 5.30. The predicted molar refractivity (Wildman–Crippen MR) is 82.4 cm³/mol. The number of aryl methyl sites for hydroxylation is 1. The minimum atomic E-state index is 0.114. The molecule has 2 atom stereocenters. The summed E-state index contributed by atoms with van der Waals surface area (Å²) in [5.74, 6) is 2.51. The van der Waals surface area contributed by atoms with Crippen LogP contribution >= 0.6 is 0 Å². The molecule has 0 radical (unpaired) electrons. The maximum atomic E-state index is 10.8. The molecule has 0 aliphatic heterocycles. The second-order valence-corrected chi connectivity index (χ2v) is 7.11. The molecule has 20 heavy (non-hydrogen) atoms. The Balaban J connectivity index is 2.74. The lowest BCUT2D eigenvalue weighted by atomic mass is 9.74. The Bertz CT molecular complexity index is 541. The van der Waals surface area contributed by atoms with Crippen molar-refractivity contribution in [2.45, 2.75) is 59.8 Å². The average molecular weight is 274 g/mol. The SMILES string of the molecule is Cc1cc2c(c(C)c1OC=O)C(C)(C)C(C)C2C(C)C. The second kappa shape index (κ2) is 4.91. The van der Waals surface area contributed by atoms with E-state index in [4.69, 9.17) is 4.74 Å². The monoisotopic (exact) mass is 274 g/mol. The van der Waals surface area contributed by atoms with Crippen molar-refractivity contribution in [1.29, 1.82) is 0 Å². The Morgan fingerprint density at radius 2 is 1.90 bits per heavy atom. The molecule has 2 nitrogen and oxygen atoms in total. The fourth-order valence-corrected chi connectivity index (χ4v) is 4.23. The fourth-order valence-electron chi connectivity index (χ4n) is 4.23. The number of hydrogen-bond donors (Lipinski definition) is 0. The fraction of sp³-hybridized carbons (Fsp3) is 0.611. The Labute approximate surface area is 122 Å². The first-order valence-electron chi connectivity index (χ1n) is 7.48. The number of carbonyl (C=O) groups excluding carboxylic acids is 1. The van der Waals surface area contributed by atoms with Crippen LogP contribution in [0, 0.1) is 25.7 Å². The van der Waals surface area contributed by atoms with Crippen LogP contribution in [-0.2, 0) is 10.2 Å². The van der Waals surface area contributed by atoms with Crippen molar-refractivity contribution in [1.82, 2.24) is 0 Å². The predicted octanol–water partition coefficient (Wildman–Crippen LogP) is 4.51. The van der Waals surface area contributed by atoms with E-state index in [2.05, 4.69) is 47.6 Å². The lowest BCUT2D eigenvalue weighted by Crippen LogP contribution is -2.25. The summed E-state index contributed by atoms with van der Waals surface area (Å²) < 4.78 is 5.24. The summed E-state index contributed by atoms with van der Waals surface area (Å²) in [6.07, 6.45) is 0. The van der Waals surface area contributed by atoms with E-state index < -0.39 is 0 Å². The molecule has 2 unspecified atom stereocenters. The highest BCUT2D eigenvalue weighted by atomic mass is 16.5. The van der Waals surface area contributed by atoms with E-state index in [-0.39, 0.29) is 5.41 Å². The Hall–Kier alpha value is -1.31. The summed E-state index contributed by atoms with van der Waals surface area (Å²) in [5, 5.41) is 0. The third kappa shape index (κ3) is 1.97. The maximum absolute atomic E-state index is 10.8. The summed E-state index contributed by atoms with van der Waals surface area (Å²) in [7, 11) is 0. The zero-order valence-electron chi connectivity index (χ0n) is 13.7. The molecule has 2 heteroatoms. The van der Waals surface area contributed by atoms with Crippen molar-refractivity contribution in [2.75, 3.05) is 0 Å². The van der Waals surface area contributed by atoms with Crippen molar-refractivity contribution in [3.05, 3.63) is 28.3 Å². The molecule has 0 heterocycles. The van der Waals surface area contributed by atoms with Crippen molar-refractivity contribution in [3.63, 3.8) is 0 Å². The Kier molecular flexibility index (Phi) is 3.70. The van der Waals surface area contributed by atoms with Gasteiger partial charge in [0.2, 0.25) is 0 Å². The average Bonchev–Trinajstić information content (AvgIpc) is 2.52. The van der Waals surface area contributed by atoms with E-state index in [0.29, 0.717) is 24.2 Å². The molecule has 0 saturated heterocycles. The minimum absolute atomic E-state index is 0.114. The molecule has 1 aromatic carbocycles. The molecule has 0 N–H and O–H groups in total. The highest BCUT2D eigenvalue weighted by Crippen LogP contribution is 2.55. The zero-order valence-corrected chi connectivity index (χ0v) is 13.7. The van der Waals surface area contributed by atoms with Gasteiger partial charge in [-0.3, -0.25) is 4.79 Å². The van der Waals surface area contributed by atoms with Gasteiger partial charge in [0.25, 0.3) is 6.47 Å². The van der Waals surface area contributed by atoms with Crippen LogP contribution in [0.1, 0.15) is 62.8 Å². The first-order chi connectivity index (χ1) is 9.23. The molecule has 0 aromatic heterocycles. The van der Waals surface area contributed by atoms with Gasteiger partial charge in [-0.1, -0.05) is 40.7 Å². The van der Waals surface area contributed by atoms with Crippen molar-refractivity contribution in [3.8, 4) is 5.75 Å². The van der Waals surface area contributed by atoms with E-state index in [0.717, 1.165) is 16.9 Å². The van der Waals surface area contributed by atoms with E-state index in [9.17, 15) is 4.79 Å². The Morgan fingerprint density at radius 3 is 2.40 bits per heavy atom. The molecule has 0 fully saturated rings. The van der Waals surface area contributed by atoms with Crippen LogP contribution < -0.4 is 4.74 Å². The number of benzene rings is 1.